The van der Waals surface area contributed by atoms with Gasteiger partial charge in [-0.2, -0.15) is 0 Å². The van der Waals surface area contributed by atoms with Gasteiger partial charge in [0.05, 0.1) is 10.6 Å². The molecule has 3 aromatic rings. The van der Waals surface area contributed by atoms with Crippen LogP contribution in [0.25, 0.3) is 0 Å². The third-order valence-electron chi connectivity index (χ3n) is 4.01. The molecule has 0 saturated carbocycles. The van der Waals surface area contributed by atoms with E-state index in [9.17, 15) is 17.6 Å². The van der Waals surface area contributed by atoms with Gasteiger partial charge in [-0.25, -0.2) is 17.8 Å². The first-order valence-electron chi connectivity index (χ1n) is 8.82. The van der Waals surface area contributed by atoms with E-state index in [0.717, 1.165) is 40.3 Å². The molecular formula is C20H20FN3O3S2. The van der Waals surface area contributed by atoms with Crippen molar-refractivity contribution in [2.24, 2.45) is 0 Å². The van der Waals surface area contributed by atoms with Gasteiger partial charge in [0.25, 0.3) is 10.0 Å². The van der Waals surface area contributed by atoms with E-state index in [0.29, 0.717) is 12.1 Å². The van der Waals surface area contributed by atoms with Crippen LogP contribution in [0, 0.1) is 19.7 Å². The molecule has 9 heteroatoms. The Morgan fingerprint density at radius 3 is 2.41 bits per heavy atom. The molecular weight excluding hydrogens is 413 g/mol. The fourth-order valence-electron chi connectivity index (χ4n) is 2.77. The van der Waals surface area contributed by atoms with E-state index in [1.54, 1.807) is 5.38 Å². The summed E-state index contributed by atoms with van der Waals surface area (Å²) in [6.45, 7) is 3.93. The third-order valence-corrected chi connectivity index (χ3v) is 6.30. The van der Waals surface area contributed by atoms with Gasteiger partial charge in [0.15, 0.2) is 5.13 Å². The van der Waals surface area contributed by atoms with E-state index in [2.05, 4.69) is 15.0 Å². The molecule has 0 radical (unpaired) electrons. The van der Waals surface area contributed by atoms with Gasteiger partial charge in [-0.15, -0.1) is 11.3 Å². The van der Waals surface area contributed by atoms with E-state index in [4.69, 9.17) is 0 Å². The molecule has 6 nitrogen and oxygen atoms in total. The minimum absolute atomic E-state index is 0.0523. The summed E-state index contributed by atoms with van der Waals surface area (Å²) in [5.41, 5.74) is 3.50. The number of rotatable bonds is 7. The molecule has 3 rings (SSSR count). The van der Waals surface area contributed by atoms with Crippen LogP contribution in [-0.2, 0) is 21.2 Å². The Labute approximate surface area is 172 Å². The van der Waals surface area contributed by atoms with Crippen LogP contribution in [0.4, 0.5) is 15.2 Å². The Hall–Kier alpha value is -2.78. The zero-order chi connectivity index (χ0) is 21.0. The molecule has 0 aliphatic heterocycles. The summed E-state index contributed by atoms with van der Waals surface area (Å²) in [6.07, 6.45) is 0.603. The zero-order valence-corrected chi connectivity index (χ0v) is 17.5. The Bertz CT molecular complexity index is 1110. The lowest BCUT2D eigenvalue weighted by atomic mass is 10.1. The van der Waals surface area contributed by atoms with Crippen LogP contribution in [0.3, 0.4) is 0 Å². The average molecular weight is 434 g/mol. The van der Waals surface area contributed by atoms with Crippen molar-refractivity contribution in [3.63, 3.8) is 0 Å². The number of carbonyl (C=O) groups is 1. The van der Waals surface area contributed by atoms with Crippen molar-refractivity contribution in [2.45, 2.75) is 31.6 Å². The topological polar surface area (TPSA) is 88.2 Å². The first-order chi connectivity index (χ1) is 13.7. The number of benzene rings is 2. The van der Waals surface area contributed by atoms with Crippen LogP contribution in [-0.4, -0.2) is 19.3 Å². The number of sulfonamides is 1. The number of aromatic nitrogens is 1. The van der Waals surface area contributed by atoms with Gasteiger partial charge in [-0.05, 0) is 67.8 Å². The van der Waals surface area contributed by atoms with Gasteiger partial charge in [0.2, 0.25) is 5.91 Å². The van der Waals surface area contributed by atoms with E-state index in [1.165, 1.54) is 12.1 Å². The van der Waals surface area contributed by atoms with Crippen molar-refractivity contribution < 1.29 is 17.6 Å². The molecule has 0 aliphatic rings. The second kappa shape index (κ2) is 8.71. The van der Waals surface area contributed by atoms with Crippen LogP contribution in [0.5, 0.6) is 0 Å². The van der Waals surface area contributed by atoms with Crippen LogP contribution in [0.15, 0.2) is 52.7 Å². The number of thiazole rings is 1. The van der Waals surface area contributed by atoms with Gasteiger partial charge in [-0.3, -0.25) is 9.52 Å². The molecule has 0 bridgehead atoms. The van der Waals surface area contributed by atoms with Crippen LogP contribution in [0.2, 0.25) is 0 Å². The summed E-state index contributed by atoms with van der Waals surface area (Å²) >= 11 is 1.13. The Morgan fingerprint density at radius 2 is 1.76 bits per heavy atom. The molecule has 152 valence electrons. The van der Waals surface area contributed by atoms with Crippen molar-refractivity contribution in [1.82, 2.24) is 4.98 Å². The van der Waals surface area contributed by atoms with Gasteiger partial charge in [-0.1, -0.05) is 6.07 Å². The highest BCUT2D eigenvalue weighted by Gasteiger charge is 2.16. The molecule has 1 amide bonds. The number of aryl methyl sites for hydroxylation is 3. The maximum atomic E-state index is 13.0. The van der Waals surface area contributed by atoms with Crippen LogP contribution >= 0.6 is 11.3 Å². The molecule has 0 atom stereocenters. The molecule has 0 unspecified atom stereocenters. The maximum Gasteiger partial charge on any atom is 0.263 e. The molecule has 0 aliphatic carbocycles. The number of nitrogens with zero attached hydrogens (tertiary/aromatic N) is 1. The number of anilines is 2. The minimum atomic E-state index is -3.84. The smallest absolute Gasteiger partial charge is 0.263 e. The van der Waals surface area contributed by atoms with Crippen LogP contribution in [0.1, 0.15) is 23.2 Å². The van der Waals surface area contributed by atoms with Gasteiger partial charge < -0.3 is 5.32 Å². The second-order valence-electron chi connectivity index (χ2n) is 6.63. The number of hydrogen-bond donors (Lipinski definition) is 2. The molecule has 2 aromatic carbocycles. The van der Waals surface area contributed by atoms with Crippen molar-refractivity contribution in [3.8, 4) is 0 Å². The normalized spacial score (nSPS) is 11.3. The monoisotopic (exact) mass is 433 g/mol. The number of hydrogen-bond acceptors (Lipinski definition) is 5. The summed E-state index contributed by atoms with van der Waals surface area (Å²) in [5, 5.41) is 4.75. The molecule has 1 aromatic heterocycles. The lowest BCUT2D eigenvalue weighted by molar-refractivity contribution is -0.116. The SMILES string of the molecule is Cc1cc(C)cc(NC(=O)CCc2csc(NS(=O)(=O)c3ccc(F)cc3)n2)c1. The first-order valence-corrected chi connectivity index (χ1v) is 11.2. The molecule has 0 spiro atoms. The lowest BCUT2D eigenvalue weighted by Crippen LogP contribution is -2.13. The Morgan fingerprint density at radius 1 is 1.10 bits per heavy atom. The molecule has 0 fully saturated rings. The maximum absolute atomic E-state index is 13.0. The zero-order valence-electron chi connectivity index (χ0n) is 15.9. The predicted molar refractivity (Wildman–Crippen MR) is 112 cm³/mol. The fourth-order valence-corrected chi connectivity index (χ4v) is 4.77. The highest BCUT2D eigenvalue weighted by Crippen LogP contribution is 2.21. The third kappa shape index (κ3) is 5.85. The second-order valence-corrected chi connectivity index (χ2v) is 9.17. The number of halogens is 1. The molecule has 0 saturated heterocycles. The highest BCUT2D eigenvalue weighted by atomic mass is 32.2. The van der Waals surface area contributed by atoms with E-state index in [1.807, 2.05) is 32.0 Å². The molecule has 29 heavy (non-hydrogen) atoms. The van der Waals surface area contributed by atoms with Gasteiger partial charge in [0.1, 0.15) is 5.82 Å². The number of amides is 1. The average Bonchev–Trinajstić information content (AvgIpc) is 3.06. The number of nitrogens with one attached hydrogen (secondary N) is 2. The first kappa shape index (κ1) is 20.9. The van der Waals surface area contributed by atoms with E-state index >= 15 is 0 Å². The summed E-state index contributed by atoms with van der Waals surface area (Å²) in [5.74, 6) is -0.656. The highest BCUT2D eigenvalue weighted by molar-refractivity contribution is 7.93. The van der Waals surface area contributed by atoms with E-state index < -0.39 is 15.8 Å². The van der Waals surface area contributed by atoms with Crippen molar-refractivity contribution in [1.29, 1.82) is 0 Å². The summed E-state index contributed by atoms with van der Waals surface area (Å²) in [7, 11) is -3.84. The van der Waals surface area contributed by atoms with E-state index in [-0.39, 0.29) is 22.4 Å². The lowest BCUT2D eigenvalue weighted by Gasteiger charge is -2.07. The summed E-state index contributed by atoms with van der Waals surface area (Å²) in [6, 6.07) is 10.4. The predicted octanol–water partition coefficient (Wildman–Crippen LogP) is 4.27. The standard InChI is InChI=1S/C20H20FN3O3S2/c1-13-9-14(2)11-17(10-13)22-19(25)8-5-16-12-28-20(23-16)24-29(26,27)18-6-3-15(21)4-7-18/h3-4,6-7,9-12H,5,8H2,1-2H3,(H,22,25)(H,23,24). The summed E-state index contributed by atoms with van der Waals surface area (Å²) in [4.78, 5) is 16.3. The summed E-state index contributed by atoms with van der Waals surface area (Å²) < 4.78 is 40.0. The Balaban J connectivity index is 1.57. The largest absolute Gasteiger partial charge is 0.326 e. The molecule has 1 heterocycles. The number of carbonyl (C=O) groups excluding carboxylic acids is 1. The van der Waals surface area contributed by atoms with Crippen molar-refractivity contribution >= 4 is 38.1 Å². The minimum Gasteiger partial charge on any atom is -0.326 e. The fraction of sp³-hybridized carbons (Fsp3) is 0.200. The quantitative estimate of drug-likeness (QED) is 0.582. The van der Waals surface area contributed by atoms with Gasteiger partial charge >= 0.3 is 0 Å². The Kier molecular flexibility index (Phi) is 6.29. The van der Waals surface area contributed by atoms with Crippen molar-refractivity contribution in [2.75, 3.05) is 10.0 Å². The van der Waals surface area contributed by atoms with Gasteiger partial charge in [0, 0.05) is 17.5 Å². The van der Waals surface area contributed by atoms with Crippen LogP contribution < -0.4 is 10.0 Å². The van der Waals surface area contributed by atoms with Crippen molar-refractivity contribution in [3.05, 3.63) is 70.5 Å². The molecule has 2 N–H and O–H groups in total.